The van der Waals surface area contributed by atoms with Gasteiger partial charge < -0.3 is 34.6 Å². The predicted octanol–water partition coefficient (Wildman–Crippen LogP) is 1.94. The minimum atomic E-state index is -1.15. The second kappa shape index (κ2) is 15.3. The highest BCUT2D eigenvalue weighted by atomic mass is 127. The highest BCUT2D eigenvalue weighted by Crippen LogP contribution is 2.37. The molecule has 10 nitrogen and oxygen atoms in total. The molecule has 2 rings (SSSR count). The van der Waals surface area contributed by atoms with Gasteiger partial charge >= 0.3 is 0 Å². The van der Waals surface area contributed by atoms with Crippen LogP contribution >= 0.6 is 22.6 Å². The second-order valence-electron chi connectivity index (χ2n) is 9.18. The molecule has 1 aromatic carbocycles. The maximum absolute atomic E-state index is 13.2. The first-order valence-corrected chi connectivity index (χ1v) is 13.3. The van der Waals surface area contributed by atoms with E-state index in [4.69, 9.17) is 19.3 Å². The van der Waals surface area contributed by atoms with Gasteiger partial charge in [-0.25, -0.2) is 0 Å². The lowest BCUT2D eigenvalue weighted by molar-refractivity contribution is -0.139. The zero-order valence-corrected chi connectivity index (χ0v) is 23.9. The number of amides is 2. The van der Waals surface area contributed by atoms with Gasteiger partial charge in [0.15, 0.2) is 11.5 Å². The summed E-state index contributed by atoms with van der Waals surface area (Å²) >= 11 is 2.01. The van der Waals surface area contributed by atoms with Crippen LogP contribution in [0.15, 0.2) is 23.8 Å². The van der Waals surface area contributed by atoms with Crippen LogP contribution in [0.1, 0.15) is 43.5 Å². The number of rotatable bonds is 14. The van der Waals surface area contributed by atoms with Crippen molar-refractivity contribution in [3.05, 3.63) is 32.9 Å². The third-order valence-electron chi connectivity index (χ3n) is 6.04. The molecule has 0 radical (unpaired) electrons. The number of aliphatic hydroxyl groups excluding tert-OH is 2. The van der Waals surface area contributed by atoms with E-state index in [9.17, 15) is 19.5 Å². The van der Waals surface area contributed by atoms with Crippen molar-refractivity contribution in [3.8, 4) is 11.5 Å². The van der Waals surface area contributed by atoms with Crippen LogP contribution in [-0.4, -0.2) is 92.0 Å². The molecule has 2 amide bonds. The Kier molecular flexibility index (Phi) is 12.8. The van der Waals surface area contributed by atoms with Gasteiger partial charge in [0.25, 0.3) is 0 Å². The van der Waals surface area contributed by atoms with Crippen LogP contribution in [0.25, 0.3) is 0 Å². The molecule has 0 saturated heterocycles. The lowest BCUT2D eigenvalue weighted by atomic mass is 9.87. The summed E-state index contributed by atoms with van der Waals surface area (Å²) in [5.41, 5.74) is 0.736. The SMILES string of the molecule is COCCC(=O)N(CCC(C)C)C1CC(C(=O)NCCO)=CC(Oc2c(I)cc(C=O)cc2OC)C1O. The molecular weight excluding hydrogens is 595 g/mol. The summed E-state index contributed by atoms with van der Waals surface area (Å²) in [6.07, 6.45) is 1.06. The maximum Gasteiger partial charge on any atom is 0.247 e. The third-order valence-corrected chi connectivity index (χ3v) is 6.85. The summed E-state index contributed by atoms with van der Waals surface area (Å²) in [4.78, 5) is 39.0. The number of benzene rings is 1. The van der Waals surface area contributed by atoms with Gasteiger partial charge in [0, 0.05) is 37.8 Å². The van der Waals surface area contributed by atoms with Crippen LogP contribution in [-0.2, 0) is 14.3 Å². The van der Waals surface area contributed by atoms with Gasteiger partial charge in [-0.2, -0.15) is 0 Å². The summed E-state index contributed by atoms with van der Waals surface area (Å²) in [6, 6.07) is 2.42. The summed E-state index contributed by atoms with van der Waals surface area (Å²) in [7, 11) is 2.96. The molecule has 0 heterocycles. The van der Waals surface area contributed by atoms with Crippen molar-refractivity contribution < 1.29 is 38.8 Å². The maximum atomic E-state index is 13.2. The fraction of sp³-hybridized carbons (Fsp3) is 0.577. The van der Waals surface area contributed by atoms with E-state index < -0.39 is 24.2 Å². The number of hydrogen-bond donors (Lipinski definition) is 3. The molecule has 1 aliphatic rings. The Bertz CT molecular complexity index is 968. The molecule has 11 heteroatoms. The quantitative estimate of drug-likeness (QED) is 0.209. The van der Waals surface area contributed by atoms with Crippen molar-refractivity contribution in [1.82, 2.24) is 10.2 Å². The first-order chi connectivity index (χ1) is 17.7. The monoisotopic (exact) mass is 632 g/mol. The molecule has 0 saturated carbocycles. The number of nitrogens with zero attached hydrogens (tertiary/aromatic N) is 1. The normalized spacial score (nSPS) is 19.2. The highest BCUT2D eigenvalue weighted by Gasteiger charge is 2.40. The van der Waals surface area contributed by atoms with Crippen LogP contribution in [0.3, 0.4) is 0 Å². The van der Waals surface area contributed by atoms with Gasteiger partial charge in [-0.05, 0) is 53.1 Å². The number of carbonyl (C=O) groups is 3. The topological polar surface area (TPSA) is 135 Å². The minimum Gasteiger partial charge on any atom is -0.493 e. The Morgan fingerprint density at radius 1 is 1.30 bits per heavy atom. The number of hydrogen-bond acceptors (Lipinski definition) is 8. The molecule has 1 aromatic rings. The van der Waals surface area contributed by atoms with Crippen LogP contribution in [0.2, 0.25) is 0 Å². The minimum absolute atomic E-state index is 0.0671. The molecule has 3 unspecified atom stereocenters. The van der Waals surface area contributed by atoms with E-state index in [1.165, 1.54) is 26.4 Å². The van der Waals surface area contributed by atoms with Gasteiger partial charge in [-0.15, -0.1) is 0 Å². The zero-order chi connectivity index (χ0) is 27.5. The van der Waals surface area contributed by atoms with Gasteiger partial charge in [0.1, 0.15) is 18.5 Å². The Hall–Kier alpha value is -2.22. The lowest BCUT2D eigenvalue weighted by Crippen LogP contribution is -2.55. The number of ether oxygens (including phenoxy) is 3. The standard InChI is InChI=1S/C26H37IN2O8/c1-16(2)5-8-29(23(32)6-10-35-3)20-13-18(26(34)28-7-9-30)14-21(24(20)33)37-25-19(27)11-17(15-31)12-22(25)36-4/h11-12,14-16,20-21,24,30,33H,5-10,13H2,1-4H3,(H,28,34). The van der Waals surface area contributed by atoms with E-state index in [1.807, 2.05) is 36.4 Å². The van der Waals surface area contributed by atoms with E-state index in [2.05, 4.69) is 5.32 Å². The fourth-order valence-electron chi connectivity index (χ4n) is 4.04. The van der Waals surface area contributed by atoms with Crippen molar-refractivity contribution in [2.24, 2.45) is 5.92 Å². The van der Waals surface area contributed by atoms with Crippen LogP contribution in [0.5, 0.6) is 11.5 Å². The lowest BCUT2D eigenvalue weighted by Gasteiger charge is -2.41. The molecule has 1 aliphatic carbocycles. The molecule has 3 atom stereocenters. The Balaban J connectivity index is 2.49. The number of nitrogens with one attached hydrogen (secondary N) is 1. The van der Waals surface area contributed by atoms with Gasteiger partial charge in [0.2, 0.25) is 11.8 Å². The average Bonchev–Trinajstić information content (AvgIpc) is 2.88. The van der Waals surface area contributed by atoms with Gasteiger partial charge in [-0.3, -0.25) is 14.4 Å². The zero-order valence-electron chi connectivity index (χ0n) is 21.7. The molecule has 3 N–H and O–H groups in total. The smallest absolute Gasteiger partial charge is 0.247 e. The summed E-state index contributed by atoms with van der Waals surface area (Å²) < 4.78 is 17.3. The average molecular weight is 632 g/mol. The summed E-state index contributed by atoms with van der Waals surface area (Å²) in [5, 5.41) is 23.3. The molecule has 0 fully saturated rings. The second-order valence-corrected chi connectivity index (χ2v) is 10.3. The number of aldehydes is 1. The fourth-order valence-corrected chi connectivity index (χ4v) is 4.80. The Labute approximate surface area is 231 Å². The van der Waals surface area contributed by atoms with Crippen LogP contribution in [0, 0.1) is 9.49 Å². The molecule has 206 valence electrons. The van der Waals surface area contributed by atoms with E-state index in [0.29, 0.717) is 51.4 Å². The molecule has 37 heavy (non-hydrogen) atoms. The van der Waals surface area contributed by atoms with E-state index in [0.717, 1.165) is 0 Å². The molecule has 0 aliphatic heterocycles. The van der Waals surface area contributed by atoms with E-state index in [-0.39, 0.29) is 38.5 Å². The summed E-state index contributed by atoms with van der Waals surface area (Å²) in [6.45, 7) is 4.57. The predicted molar refractivity (Wildman–Crippen MR) is 146 cm³/mol. The van der Waals surface area contributed by atoms with Crippen molar-refractivity contribution in [1.29, 1.82) is 0 Å². The molecule has 0 aromatic heterocycles. The Morgan fingerprint density at radius 2 is 2.03 bits per heavy atom. The first-order valence-electron chi connectivity index (χ1n) is 12.2. The van der Waals surface area contributed by atoms with E-state index >= 15 is 0 Å². The number of aliphatic hydroxyl groups is 2. The number of carbonyl (C=O) groups excluding carboxylic acids is 3. The Morgan fingerprint density at radius 3 is 2.62 bits per heavy atom. The van der Waals surface area contributed by atoms with Gasteiger partial charge in [0.05, 0.1) is 36.4 Å². The largest absolute Gasteiger partial charge is 0.493 e. The number of halogens is 1. The molecule has 0 spiro atoms. The number of methoxy groups -OCH3 is 2. The third kappa shape index (κ3) is 8.66. The summed E-state index contributed by atoms with van der Waals surface area (Å²) in [5.74, 6) is 0.325. The van der Waals surface area contributed by atoms with Crippen molar-refractivity contribution in [2.45, 2.75) is 51.4 Å². The van der Waals surface area contributed by atoms with Crippen molar-refractivity contribution in [3.63, 3.8) is 0 Å². The van der Waals surface area contributed by atoms with Gasteiger partial charge in [-0.1, -0.05) is 13.8 Å². The van der Waals surface area contributed by atoms with E-state index in [1.54, 1.807) is 11.0 Å². The highest BCUT2D eigenvalue weighted by molar-refractivity contribution is 14.1. The molecular formula is C26H37IN2O8. The van der Waals surface area contributed by atoms with Crippen LogP contribution < -0.4 is 14.8 Å². The van der Waals surface area contributed by atoms with Crippen LogP contribution in [0.4, 0.5) is 0 Å². The van der Waals surface area contributed by atoms with Crippen molar-refractivity contribution in [2.75, 3.05) is 40.5 Å². The van der Waals surface area contributed by atoms with Crippen molar-refractivity contribution >= 4 is 40.7 Å². The first kappa shape index (κ1) is 31.0. The molecule has 0 bridgehead atoms.